The van der Waals surface area contributed by atoms with Gasteiger partial charge in [-0.2, -0.15) is 18.3 Å². The van der Waals surface area contributed by atoms with Crippen molar-refractivity contribution in [2.45, 2.75) is 51.7 Å². The molecule has 0 spiro atoms. The zero-order chi connectivity index (χ0) is 21.4. The molecule has 3 heterocycles. The van der Waals surface area contributed by atoms with Crippen LogP contribution >= 0.6 is 15.9 Å². The zero-order valence-corrected chi connectivity index (χ0v) is 19.0. The van der Waals surface area contributed by atoms with E-state index in [1.165, 1.54) is 4.90 Å². The van der Waals surface area contributed by atoms with Crippen molar-refractivity contribution in [2.24, 2.45) is 0 Å². The monoisotopic (exact) mass is 490 g/mol. The summed E-state index contributed by atoms with van der Waals surface area (Å²) in [7, 11) is -1.34. The Hall–Kier alpha value is -1.72. The number of rotatable bonds is 6. The first-order valence-corrected chi connectivity index (χ1v) is 13.6. The summed E-state index contributed by atoms with van der Waals surface area (Å²) >= 11 is 3.40. The fourth-order valence-corrected chi connectivity index (χ4v) is 4.25. The van der Waals surface area contributed by atoms with Crippen LogP contribution in [-0.2, 0) is 30.7 Å². The third-order valence-corrected chi connectivity index (χ3v) is 7.08. The SMILES string of the molecule is C[Si](C)(C)CCOCn1ncc(N2Cc3nccc(Br)c3C2)c(C(F)(F)F)c1=O. The van der Waals surface area contributed by atoms with Crippen LogP contribution in [0.3, 0.4) is 0 Å². The molecule has 0 aliphatic carbocycles. The van der Waals surface area contributed by atoms with Gasteiger partial charge in [-0.25, -0.2) is 4.68 Å². The second-order valence-electron chi connectivity index (χ2n) is 8.13. The molecule has 6 nitrogen and oxygen atoms in total. The van der Waals surface area contributed by atoms with E-state index in [-0.39, 0.29) is 25.5 Å². The largest absolute Gasteiger partial charge is 0.423 e. The van der Waals surface area contributed by atoms with Crippen molar-refractivity contribution in [1.82, 2.24) is 14.8 Å². The van der Waals surface area contributed by atoms with Crippen molar-refractivity contribution in [3.8, 4) is 0 Å². The Labute approximate surface area is 175 Å². The fourth-order valence-electron chi connectivity index (χ4n) is 3.02. The van der Waals surface area contributed by atoms with Crippen LogP contribution in [0.1, 0.15) is 16.8 Å². The molecule has 0 N–H and O–H groups in total. The van der Waals surface area contributed by atoms with Gasteiger partial charge in [0.05, 0.1) is 24.1 Å². The predicted molar refractivity (Wildman–Crippen MR) is 109 cm³/mol. The fraction of sp³-hybridized carbons (Fsp3) is 0.500. The van der Waals surface area contributed by atoms with E-state index >= 15 is 0 Å². The Bertz CT molecular complexity index is 960. The lowest BCUT2D eigenvalue weighted by Gasteiger charge is -2.22. The first-order valence-electron chi connectivity index (χ1n) is 9.09. The number of nitrogens with zero attached hydrogens (tertiary/aromatic N) is 4. The van der Waals surface area contributed by atoms with Crippen molar-refractivity contribution in [2.75, 3.05) is 11.5 Å². The molecular weight excluding hydrogens is 469 g/mol. The molecule has 29 heavy (non-hydrogen) atoms. The molecule has 0 bridgehead atoms. The smallest absolute Gasteiger partial charge is 0.359 e. The molecular formula is C18H22BrF3N4O2Si. The highest BCUT2D eigenvalue weighted by molar-refractivity contribution is 9.10. The molecule has 0 saturated heterocycles. The number of pyridine rings is 1. The highest BCUT2D eigenvalue weighted by Gasteiger charge is 2.40. The molecule has 2 aromatic rings. The van der Waals surface area contributed by atoms with E-state index in [1.807, 2.05) is 0 Å². The quantitative estimate of drug-likeness (QED) is 0.447. The molecule has 0 saturated carbocycles. The van der Waals surface area contributed by atoms with Crippen molar-refractivity contribution < 1.29 is 17.9 Å². The molecule has 3 rings (SSSR count). The number of alkyl halides is 3. The average molecular weight is 491 g/mol. The van der Waals surface area contributed by atoms with Crippen LogP contribution < -0.4 is 10.5 Å². The maximum Gasteiger partial charge on any atom is 0.423 e. The molecule has 2 aromatic heterocycles. The topological polar surface area (TPSA) is 60.2 Å². The van der Waals surface area contributed by atoms with Crippen molar-refractivity contribution in [3.05, 3.63) is 50.1 Å². The standard InChI is InChI=1S/C18H22BrF3N4O2Si/c1-29(2,3)7-6-28-11-26-17(27)16(18(20,21)22)15(8-24-26)25-9-12-13(19)4-5-23-14(12)10-25/h4-5,8H,6-7,9-11H2,1-3H3. The number of ether oxygens (including phenoxy) is 1. The summed E-state index contributed by atoms with van der Waals surface area (Å²) in [5.41, 5.74) is -1.20. The van der Waals surface area contributed by atoms with E-state index < -0.39 is 25.4 Å². The molecule has 11 heteroatoms. The summed E-state index contributed by atoms with van der Waals surface area (Å²) in [6.45, 7) is 6.96. The van der Waals surface area contributed by atoms with E-state index in [4.69, 9.17) is 4.74 Å². The van der Waals surface area contributed by atoms with Crippen LogP contribution in [0.5, 0.6) is 0 Å². The molecule has 0 fully saturated rings. The van der Waals surface area contributed by atoms with Gasteiger partial charge in [-0.1, -0.05) is 35.6 Å². The van der Waals surface area contributed by atoms with Crippen LogP contribution in [-0.4, -0.2) is 29.4 Å². The van der Waals surface area contributed by atoms with E-state index in [1.54, 1.807) is 12.3 Å². The van der Waals surface area contributed by atoms with Gasteiger partial charge in [-0.3, -0.25) is 9.78 Å². The number of anilines is 1. The lowest BCUT2D eigenvalue weighted by atomic mass is 10.2. The van der Waals surface area contributed by atoms with Gasteiger partial charge in [0.1, 0.15) is 12.3 Å². The molecule has 0 atom stereocenters. The summed E-state index contributed by atoms with van der Waals surface area (Å²) in [6.07, 6.45) is -2.13. The first-order chi connectivity index (χ1) is 13.5. The van der Waals surface area contributed by atoms with Crippen LogP contribution in [0.25, 0.3) is 0 Å². The van der Waals surface area contributed by atoms with Gasteiger partial charge in [0, 0.05) is 37.5 Å². The Kier molecular flexibility index (Phi) is 6.21. The molecule has 0 unspecified atom stereocenters. The number of hydrogen-bond donors (Lipinski definition) is 0. The predicted octanol–water partition coefficient (Wildman–Crippen LogP) is 4.25. The summed E-state index contributed by atoms with van der Waals surface area (Å²) < 4.78 is 48.2. The van der Waals surface area contributed by atoms with E-state index in [0.717, 1.165) is 27.0 Å². The Morgan fingerprint density at radius 2 is 2.00 bits per heavy atom. The van der Waals surface area contributed by atoms with Crippen LogP contribution in [0, 0.1) is 0 Å². The maximum absolute atomic E-state index is 13.8. The molecule has 0 amide bonds. The van der Waals surface area contributed by atoms with E-state index in [0.29, 0.717) is 12.3 Å². The Morgan fingerprint density at radius 1 is 1.28 bits per heavy atom. The summed E-state index contributed by atoms with van der Waals surface area (Å²) in [4.78, 5) is 18.3. The number of hydrogen-bond acceptors (Lipinski definition) is 5. The minimum Gasteiger partial charge on any atom is -0.359 e. The number of halogens is 4. The van der Waals surface area contributed by atoms with Crippen molar-refractivity contribution >= 4 is 29.7 Å². The van der Waals surface area contributed by atoms with Gasteiger partial charge in [0.25, 0.3) is 5.56 Å². The molecule has 0 aromatic carbocycles. The van der Waals surface area contributed by atoms with Crippen LogP contribution in [0.15, 0.2) is 27.7 Å². The normalized spacial score (nSPS) is 14.4. The van der Waals surface area contributed by atoms with Crippen LogP contribution in [0.4, 0.5) is 18.9 Å². The van der Waals surface area contributed by atoms with Crippen molar-refractivity contribution in [3.63, 3.8) is 0 Å². The summed E-state index contributed by atoms with van der Waals surface area (Å²) in [5, 5.41) is 3.93. The number of aromatic nitrogens is 3. The second-order valence-corrected chi connectivity index (χ2v) is 14.6. The van der Waals surface area contributed by atoms with E-state index in [9.17, 15) is 18.0 Å². The lowest BCUT2D eigenvalue weighted by molar-refractivity contribution is -0.138. The van der Waals surface area contributed by atoms with Gasteiger partial charge in [-0.05, 0) is 12.1 Å². The molecule has 1 aliphatic heterocycles. The highest BCUT2D eigenvalue weighted by Crippen LogP contribution is 2.38. The first kappa shape index (κ1) is 22.0. The average Bonchev–Trinajstić information content (AvgIpc) is 3.03. The Morgan fingerprint density at radius 3 is 2.62 bits per heavy atom. The maximum atomic E-state index is 13.8. The second kappa shape index (κ2) is 8.19. The van der Waals surface area contributed by atoms with Crippen molar-refractivity contribution in [1.29, 1.82) is 0 Å². The highest BCUT2D eigenvalue weighted by atomic mass is 79.9. The van der Waals surface area contributed by atoms with Gasteiger partial charge >= 0.3 is 6.18 Å². The summed E-state index contributed by atoms with van der Waals surface area (Å²) in [5.74, 6) is 0. The molecule has 158 valence electrons. The van der Waals surface area contributed by atoms with Crippen LogP contribution in [0.2, 0.25) is 25.7 Å². The van der Waals surface area contributed by atoms with Gasteiger partial charge in [0.2, 0.25) is 0 Å². The van der Waals surface area contributed by atoms with E-state index in [2.05, 4.69) is 45.7 Å². The summed E-state index contributed by atoms with van der Waals surface area (Å²) in [6, 6.07) is 2.58. The third kappa shape index (κ3) is 5.07. The van der Waals surface area contributed by atoms with Gasteiger partial charge in [0.15, 0.2) is 0 Å². The molecule has 0 radical (unpaired) electrons. The van der Waals surface area contributed by atoms with Gasteiger partial charge < -0.3 is 9.64 Å². The number of fused-ring (bicyclic) bond motifs is 1. The minimum absolute atomic E-state index is 0.176. The third-order valence-electron chi connectivity index (χ3n) is 4.64. The van der Waals surface area contributed by atoms with Gasteiger partial charge in [-0.15, -0.1) is 0 Å². The Balaban J connectivity index is 1.87. The lowest BCUT2D eigenvalue weighted by Crippen LogP contribution is -2.34. The molecule has 1 aliphatic rings. The minimum atomic E-state index is -4.81. The zero-order valence-electron chi connectivity index (χ0n) is 16.4.